The first-order valence-corrected chi connectivity index (χ1v) is 19.8. The van der Waals surface area contributed by atoms with Crippen LogP contribution in [0.2, 0.25) is 0 Å². The molecule has 3 saturated heterocycles. The molecule has 2 bridgehead atoms. The number of piperazine rings is 1. The fraction of sp³-hybridized carbons (Fsp3) is 0.537. The minimum Gasteiger partial charge on any atom is -0.507 e. The van der Waals surface area contributed by atoms with E-state index < -0.39 is 5.92 Å². The summed E-state index contributed by atoms with van der Waals surface area (Å²) < 4.78 is 23.7. The molecule has 292 valence electrons. The summed E-state index contributed by atoms with van der Waals surface area (Å²) in [4.78, 5) is 24.0. The van der Waals surface area contributed by atoms with Gasteiger partial charge in [0.1, 0.15) is 17.8 Å². The number of aromatic nitrogens is 4. The summed E-state index contributed by atoms with van der Waals surface area (Å²) in [7, 11) is 1.40. The molecule has 55 heavy (non-hydrogen) atoms. The number of piperidine rings is 1. The fourth-order valence-corrected chi connectivity index (χ4v) is 8.98. The first-order chi connectivity index (χ1) is 26.7. The maximum Gasteiger partial charge on any atom is 0.316 e. The van der Waals surface area contributed by atoms with Crippen LogP contribution in [0.25, 0.3) is 11.3 Å². The molecule has 4 fully saturated rings. The monoisotopic (exact) mass is 752 g/mol. The molecule has 6 heterocycles. The van der Waals surface area contributed by atoms with Gasteiger partial charge >= 0.3 is 5.97 Å². The molecule has 0 amide bonds. The van der Waals surface area contributed by atoms with Gasteiger partial charge in [-0.3, -0.25) is 4.79 Å². The topological polar surface area (TPSA) is 165 Å². The molecule has 3 atom stereocenters. The van der Waals surface area contributed by atoms with Crippen molar-refractivity contribution >= 4 is 29.0 Å². The molecule has 1 aliphatic carbocycles. The van der Waals surface area contributed by atoms with Crippen LogP contribution in [-0.2, 0) is 14.3 Å². The lowest BCUT2D eigenvalue weighted by Gasteiger charge is -2.43. The molecule has 14 heteroatoms. The van der Waals surface area contributed by atoms with E-state index in [1.807, 2.05) is 44.3 Å². The van der Waals surface area contributed by atoms with Gasteiger partial charge in [-0.25, -0.2) is 4.98 Å². The first-order valence-electron chi connectivity index (χ1n) is 19.8. The van der Waals surface area contributed by atoms with Crippen molar-refractivity contribution in [3.8, 4) is 22.9 Å². The van der Waals surface area contributed by atoms with E-state index in [-0.39, 0.29) is 35.9 Å². The number of nitrogens with two attached hydrogens (primary N) is 1. The summed E-state index contributed by atoms with van der Waals surface area (Å²) in [5.41, 5.74) is 9.60. The van der Waals surface area contributed by atoms with E-state index in [1.54, 1.807) is 12.1 Å². The van der Waals surface area contributed by atoms with Crippen molar-refractivity contribution in [2.75, 3.05) is 53.7 Å². The highest BCUT2D eigenvalue weighted by atomic mass is 16.5. The molecule has 1 saturated carbocycles. The van der Waals surface area contributed by atoms with E-state index in [1.165, 1.54) is 7.11 Å². The number of phenols is 1. The van der Waals surface area contributed by atoms with E-state index in [2.05, 4.69) is 47.2 Å². The van der Waals surface area contributed by atoms with Crippen molar-refractivity contribution in [3.05, 3.63) is 60.5 Å². The number of rotatable bonds is 11. The second-order valence-electron chi connectivity index (χ2n) is 15.7. The van der Waals surface area contributed by atoms with Gasteiger partial charge in [0, 0.05) is 67.8 Å². The fourth-order valence-electron chi connectivity index (χ4n) is 8.98. The highest BCUT2D eigenvalue weighted by Crippen LogP contribution is 2.40. The number of nitrogens with zero attached hydrogens (tertiary/aromatic N) is 7. The molecule has 3 aromatic heterocycles. The van der Waals surface area contributed by atoms with Crippen LogP contribution in [0.1, 0.15) is 76.9 Å². The van der Waals surface area contributed by atoms with Crippen molar-refractivity contribution in [2.24, 2.45) is 5.92 Å². The Morgan fingerprint density at radius 1 is 0.891 bits per heavy atom. The second-order valence-corrected chi connectivity index (χ2v) is 15.7. The zero-order valence-electron chi connectivity index (χ0n) is 31.9. The Labute approximate surface area is 321 Å². The van der Waals surface area contributed by atoms with Crippen LogP contribution in [0.3, 0.4) is 0 Å². The molecule has 3 unspecified atom stereocenters. The van der Waals surface area contributed by atoms with Crippen molar-refractivity contribution in [1.29, 1.82) is 0 Å². The SMILES string of the molecule is COC(=O)C(c1cc(N2CCC(O[C@H]3CC[C@@H](Oc4cc(N5C6CCC5CN(c5cc(-c7ccccc7O)nnc5N)C6)ccn4)CC3)CC2)no1)C(C)C. The number of fused-ring (bicyclic) bond motifs is 2. The Morgan fingerprint density at radius 3 is 2.31 bits per heavy atom. The van der Waals surface area contributed by atoms with Gasteiger partial charge in [0.2, 0.25) is 5.88 Å². The Morgan fingerprint density at radius 2 is 1.60 bits per heavy atom. The lowest BCUT2D eigenvalue weighted by Crippen LogP contribution is -2.54. The normalized spacial score (nSPS) is 23.6. The molecule has 3 aliphatic heterocycles. The summed E-state index contributed by atoms with van der Waals surface area (Å²) >= 11 is 0. The number of methoxy groups -OCH3 is 1. The maximum absolute atomic E-state index is 12.3. The van der Waals surface area contributed by atoms with Gasteiger partial charge in [-0.05, 0) is 81.5 Å². The highest BCUT2D eigenvalue weighted by Gasteiger charge is 2.41. The van der Waals surface area contributed by atoms with Crippen molar-refractivity contribution in [2.45, 2.75) is 102 Å². The Bertz CT molecular complexity index is 1930. The van der Waals surface area contributed by atoms with Gasteiger partial charge in [0.15, 0.2) is 17.4 Å². The number of carbonyl (C=O) groups excluding carboxylic acids is 1. The summed E-state index contributed by atoms with van der Waals surface area (Å²) in [6.45, 7) is 7.23. The molecular weight excluding hydrogens is 701 g/mol. The first kappa shape index (κ1) is 36.8. The number of anilines is 4. The van der Waals surface area contributed by atoms with E-state index in [0.29, 0.717) is 40.8 Å². The Kier molecular flexibility index (Phi) is 10.7. The van der Waals surface area contributed by atoms with Crippen molar-refractivity contribution in [1.82, 2.24) is 20.3 Å². The molecule has 8 rings (SSSR count). The lowest BCUT2D eigenvalue weighted by atomic mass is 9.93. The predicted molar refractivity (Wildman–Crippen MR) is 208 cm³/mol. The maximum atomic E-state index is 12.3. The quantitative estimate of drug-likeness (QED) is 0.172. The second kappa shape index (κ2) is 15.9. The largest absolute Gasteiger partial charge is 0.507 e. The molecular formula is C41H52N8O6. The molecule has 0 radical (unpaired) electrons. The number of benzene rings is 1. The number of hydrogen-bond acceptors (Lipinski definition) is 14. The minimum absolute atomic E-state index is 0.0448. The van der Waals surface area contributed by atoms with Gasteiger partial charge in [-0.1, -0.05) is 31.1 Å². The lowest BCUT2D eigenvalue weighted by molar-refractivity contribution is -0.144. The van der Waals surface area contributed by atoms with Crippen molar-refractivity contribution < 1.29 is 28.6 Å². The standard InChI is InChI=1S/C41H52N8O6/c1-25(2)39(41(51)52-3)36-22-37(46-55-36)47-18-15-31(16-19-47)53-29-10-12-30(13-11-29)54-38-20-26(14-17-43-38)49-27-8-9-28(49)24-48(23-27)34-21-33(44-45-40(34)42)32-6-4-5-7-35(32)50/h4-7,14,17,20-22,25,27-31,39,50H,8-13,15-16,18-19,23-24H2,1-3H3,(H2,42,45)/t27?,28?,29-,30+,39?. The molecule has 4 aliphatic rings. The van der Waals surface area contributed by atoms with Crippen LogP contribution in [-0.4, -0.2) is 95.1 Å². The Hall–Kier alpha value is -5.11. The van der Waals surface area contributed by atoms with Crippen LogP contribution < -0.4 is 25.2 Å². The van der Waals surface area contributed by atoms with Gasteiger partial charge in [-0.15, -0.1) is 10.2 Å². The highest BCUT2D eigenvalue weighted by molar-refractivity contribution is 5.78. The number of phenolic OH excluding ortho intramolecular Hbond substituents is 1. The average molecular weight is 753 g/mol. The number of carbonyl (C=O) groups is 1. The number of ether oxygens (including phenoxy) is 3. The van der Waals surface area contributed by atoms with Gasteiger partial charge in [-0.2, -0.15) is 0 Å². The van der Waals surface area contributed by atoms with Crippen LogP contribution in [0.5, 0.6) is 11.6 Å². The predicted octanol–water partition coefficient (Wildman–Crippen LogP) is 5.96. The van der Waals surface area contributed by atoms with Crippen LogP contribution in [0.4, 0.5) is 23.0 Å². The average Bonchev–Trinajstić information content (AvgIpc) is 3.78. The number of hydrogen-bond donors (Lipinski definition) is 2. The summed E-state index contributed by atoms with van der Waals surface area (Å²) in [6, 6.07) is 15.8. The summed E-state index contributed by atoms with van der Waals surface area (Å²) in [6.07, 6.45) is 10.2. The zero-order valence-corrected chi connectivity index (χ0v) is 31.9. The summed E-state index contributed by atoms with van der Waals surface area (Å²) in [5, 5.41) is 23.2. The van der Waals surface area contributed by atoms with Crippen LogP contribution in [0.15, 0.2) is 59.3 Å². The zero-order chi connectivity index (χ0) is 38.1. The van der Waals surface area contributed by atoms with Crippen LogP contribution >= 0.6 is 0 Å². The molecule has 4 aromatic rings. The number of nitrogen functional groups attached to an aromatic ring is 1. The number of aromatic hydroxyl groups is 1. The van der Waals surface area contributed by atoms with Crippen LogP contribution in [0, 0.1) is 5.92 Å². The van der Waals surface area contributed by atoms with E-state index >= 15 is 0 Å². The molecule has 0 spiro atoms. The van der Waals surface area contributed by atoms with Gasteiger partial charge in [0.25, 0.3) is 0 Å². The Balaban J connectivity index is 0.815. The molecule has 14 nitrogen and oxygen atoms in total. The van der Waals surface area contributed by atoms with Crippen molar-refractivity contribution in [3.63, 3.8) is 0 Å². The van der Waals surface area contributed by atoms with E-state index in [4.69, 9.17) is 24.5 Å². The smallest absolute Gasteiger partial charge is 0.316 e. The van der Waals surface area contributed by atoms with E-state index in [9.17, 15) is 9.90 Å². The number of esters is 1. The third-order valence-corrected chi connectivity index (χ3v) is 11.8. The minimum atomic E-state index is -0.465. The third kappa shape index (κ3) is 7.87. The third-order valence-electron chi connectivity index (χ3n) is 11.8. The van der Waals surface area contributed by atoms with Gasteiger partial charge < -0.3 is 44.3 Å². The number of pyridine rings is 1. The van der Waals surface area contributed by atoms with E-state index in [0.717, 1.165) is 94.7 Å². The van der Waals surface area contributed by atoms with Gasteiger partial charge in [0.05, 0.1) is 30.7 Å². The number of para-hydroxylation sites is 1. The molecule has 3 N–H and O–H groups in total. The summed E-state index contributed by atoms with van der Waals surface area (Å²) in [5.74, 6) is 1.83. The molecule has 1 aromatic carbocycles.